The van der Waals surface area contributed by atoms with E-state index in [0.29, 0.717) is 64.0 Å². The fourth-order valence-electron chi connectivity index (χ4n) is 11.4. The van der Waals surface area contributed by atoms with Crippen LogP contribution in [-0.2, 0) is 9.59 Å². The summed E-state index contributed by atoms with van der Waals surface area (Å²) in [5.74, 6) is 2.17. The quantitative estimate of drug-likeness (QED) is 0.191. The molecule has 65 heavy (non-hydrogen) atoms. The van der Waals surface area contributed by atoms with Crippen molar-refractivity contribution in [3.8, 4) is 23.3 Å². The lowest BCUT2D eigenvalue weighted by Crippen LogP contribution is -2.53. The number of nitrogens with one attached hydrogen (secondary N) is 2. The Morgan fingerprint density at radius 2 is 1.57 bits per heavy atom. The molecule has 4 amide bonds. The number of ether oxygens (including phenoxy) is 3. The van der Waals surface area contributed by atoms with Crippen molar-refractivity contribution in [3.05, 3.63) is 70.0 Å². The molecule has 16 heteroatoms. The number of anilines is 1. The number of hydrogen-bond acceptors (Lipinski definition) is 13. The number of rotatable bonds is 13. The highest BCUT2D eigenvalue weighted by Crippen LogP contribution is 2.46. The summed E-state index contributed by atoms with van der Waals surface area (Å²) >= 11 is 0. The number of piperidine rings is 2. The number of nitrogens with zero attached hydrogens (tertiary/aromatic N) is 6. The summed E-state index contributed by atoms with van der Waals surface area (Å²) in [4.78, 5) is 66.4. The molecule has 0 spiro atoms. The minimum absolute atomic E-state index is 0.0534. The van der Waals surface area contributed by atoms with E-state index in [2.05, 4.69) is 50.3 Å². The van der Waals surface area contributed by atoms with Gasteiger partial charge in [0.1, 0.15) is 29.4 Å². The first-order chi connectivity index (χ1) is 31.3. The molecule has 1 aromatic heterocycles. The first kappa shape index (κ1) is 44.4. The number of nitriles is 1. The number of imide groups is 1. The summed E-state index contributed by atoms with van der Waals surface area (Å²) < 4.78 is 18.4. The van der Waals surface area contributed by atoms with Gasteiger partial charge < -0.3 is 29.5 Å². The molecule has 4 atom stereocenters. The third kappa shape index (κ3) is 8.97. The van der Waals surface area contributed by atoms with Crippen molar-refractivity contribution in [1.29, 1.82) is 5.26 Å². The fraction of sp³-hybridized carbons (Fsp3) is 0.571. The molecule has 4 heterocycles. The number of benzene rings is 2. The fourth-order valence-corrected chi connectivity index (χ4v) is 11.4. The minimum Gasteiger partial charge on any atom is -0.496 e. The molecule has 4 unspecified atom stereocenters. The monoisotopic (exact) mass is 888 g/mol. The standard InChI is InChI=1S/C49H60N8O8/c1-26(2)56(34-18-37(19-34)65-38-20-39-44(42(21-38)63-5)48(62)57(47(39)61)41-6-7-43(58)54-46(41)60)25-29-8-10-55(11-9-29)49-51-23-32(24-52-49)45(59)53-33-14-30-16-36(17-31(30)15-33)64-35-12-27(3)40(22-50)28(4)13-35/h12-13,20-21,23-24,26,29-31,33-34,36-37,41,48,62H,6-11,14-19,25H2,1-5H3,(H,53,59)(H,54,58,60). The van der Waals surface area contributed by atoms with Crippen LogP contribution in [0.2, 0.25) is 0 Å². The second kappa shape index (κ2) is 18.2. The smallest absolute Gasteiger partial charge is 0.257 e. The predicted octanol–water partition coefficient (Wildman–Crippen LogP) is 5.13. The molecule has 5 fully saturated rings. The summed E-state index contributed by atoms with van der Waals surface area (Å²) in [6.45, 7) is 11.0. The van der Waals surface area contributed by atoms with Gasteiger partial charge in [0, 0.05) is 75.5 Å². The van der Waals surface area contributed by atoms with Gasteiger partial charge in [-0.05, 0) is 120 Å². The number of hydrogen-bond donors (Lipinski definition) is 3. The van der Waals surface area contributed by atoms with Crippen LogP contribution in [0, 0.1) is 42.9 Å². The maximum absolute atomic E-state index is 13.6. The normalized spacial score (nSPS) is 27.6. The molecule has 6 aliphatic rings. The number of methoxy groups -OCH3 is 1. The van der Waals surface area contributed by atoms with Crippen LogP contribution in [0.15, 0.2) is 36.7 Å². The lowest BCUT2D eigenvalue weighted by molar-refractivity contribution is -0.139. The Hall–Kier alpha value is -5.79. The third-order valence-electron chi connectivity index (χ3n) is 14.9. The minimum atomic E-state index is -1.38. The van der Waals surface area contributed by atoms with Crippen molar-refractivity contribution in [2.75, 3.05) is 31.6 Å². The van der Waals surface area contributed by atoms with Gasteiger partial charge in [0.05, 0.1) is 41.5 Å². The number of aliphatic hydroxyl groups excluding tert-OH is 1. The van der Waals surface area contributed by atoms with Crippen LogP contribution >= 0.6 is 0 Å². The average molecular weight is 889 g/mol. The van der Waals surface area contributed by atoms with E-state index >= 15 is 0 Å². The van der Waals surface area contributed by atoms with Crippen LogP contribution in [0.5, 0.6) is 17.2 Å². The Labute approximate surface area is 380 Å². The second-order valence-electron chi connectivity index (χ2n) is 19.4. The molecule has 3 aromatic rings. The number of fused-ring (bicyclic) bond motifs is 2. The molecule has 2 aromatic carbocycles. The van der Waals surface area contributed by atoms with Crippen LogP contribution in [-0.4, -0.2) is 112 Å². The lowest BCUT2D eigenvalue weighted by atomic mass is 9.85. The van der Waals surface area contributed by atoms with Crippen molar-refractivity contribution in [2.45, 2.75) is 135 Å². The summed E-state index contributed by atoms with van der Waals surface area (Å²) in [7, 11) is 1.47. The molecule has 0 bridgehead atoms. The molecular weight excluding hydrogens is 829 g/mol. The van der Waals surface area contributed by atoms with E-state index in [1.165, 1.54) is 7.11 Å². The van der Waals surface area contributed by atoms with E-state index in [9.17, 15) is 29.5 Å². The number of amides is 4. The molecule has 344 valence electrons. The van der Waals surface area contributed by atoms with Crippen LogP contribution in [0.4, 0.5) is 5.95 Å². The number of carbonyl (C=O) groups excluding carboxylic acids is 4. The summed E-state index contributed by atoms with van der Waals surface area (Å²) in [6, 6.07) is 9.37. The Morgan fingerprint density at radius 1 is 0.938 bits per heavy atom. The highest BCUT2D eigenvalue weighted by Gasteiger charge is 2.47. The van der Waals surface area contributed by atoms with Crippen molar-refractivity contribution < 1.29 is 38.5 Å². The van der Waals surface area contributed by atoms with E-state index in [-0.39, 0.29) is 42.6 Å². The van der Waals surface area contributed by atoms with E-state index in [1.54, 1.807) is 24.5 Å². The SMILES string of the molecule is COc1cc(OC2CC(N(CC3CCN(c4ncc(C(=O)NC5CC6CC(Oc7cc(C)c(C#N)c(C)c7)CC6C5)cn4)CC3)C(C)C)C2)cc2c1C(O)N(C1CCC(=O)NC1=O)C2=O. The van der Waals surface area contributed by atoms with Crippen LogP contribution < -0.4 is 29.7 Å². The maximum Gasteiger partial charge on any atom is 0.257 e. The van der Waals surface area contributed by atoms with E-state index in [0.717, 1.165) is 92.8 Å². The number of aromatic nitrogens is 2. The van der Waals surface area contributed by atoms with Crippen molar-refractivity contribution in [2.24, 2.45) is 17.8 Å². The van der Waals surface area contributed by atoms with Crippen molar-refractivity contribution in [3.63, 3.8) is 0 Å². The van der Waals surface area contributed by atoms with Gasteiger partial charge in [-0.1, -0.05) is 0 Å². The van der Waals surface area contributed by atoms with Gasteiger partial charge >= 0.3 is 0 Å². The van der Waals surface area contributed by atoms with Gasteiger partial charge in [-0.2, -0.15) is 5.26 Å². The van der Waals surface area contributed by atoms with Crippen molar-refractivity contribution in [1.82, 2.24) is 30.4 Å². The van der Waals surface area contributed by atoms with Gasteiger partial charge in [-0.25, -0.2) is 9.97 Å². The van der Waals surface area contributed by atoms with Crippen LogP contribution in [0.3, 0.4) is 0 Å². The average Bonchev–Trinajstić information content (AvgIpc) is 3.89. The van der Waals surface area contributed by atoms with Gasteiger partial charge in [0.25, 0.3) is 11.8 Å². The van der Waals surface area contributed by atoms with E-state index in [1.807, 2.05) is 26.0 Å². The Kier molecular flexibility index (Phi) is 12.5. The Morgan fingerprint density at radius 3 is 2.17 bits per heavy atom. The third-order valence-corrected chi connectivity index (χ3v) is 14.9. The molecule has 16 nitrogen and oxygen atoms in total. The second-order valence-corrected chi connectivity index (χ2v) is 19.4. The maximum atomic E-state index is 13.6. The zero-order valence-corrected chi connectivity index (χ0v) is 37.9. The lowest BCUT2D eigenvalue weighted by Gasteiger charge is -2.46. The molecule has 3 aliphatic carbocycles. The molecule has 3 saturated carbocycles. The molecule has 3 N–H and O–H groups in total. The summed E-state index contributed by atoms with van der Waals surface area (Å²) in [5, 5.41) is 26.1. The Bertz CT molecular complexity index is 2330. The summed E-state index contributed by atoms with van der Waals surface area (Å²) in [5.41, 5.74) is 3.59. The number of carbonyl (C=O) groups is 4. The number of aryl methyl sites for hydroxylation is 2. The van der Waals surface area contributed by atoms with Gasteiger partial charge in [-0.3, -0.25) is 34.3 Å². The topological polar surface area (TPSA) is 200 Å². The zero-order valence-electron chi connectivity index (χ0n) is 37.9. The largest absolute Gasteiger partial charge is 0.496 e. The Balaban J connectivity index is 0.715. The summed E-state index contributed by atoms with van der Waals surface area (Å²) in [6.07, 6.45) is 9.74. The zero-order chi connectivity index (χ0) is 45.7. The highest BCUT2D eigenvalue weighted by molar-refractivity contribution is 6.06. The predicted molar refractivity (Wildman–Crippen MR) is 238 cm³/mol. The van der Waals surface area contributed by atoms with Crippen LogP contribution in [0.1, 0.15) is 127 Å². The van der Waals surface area contributed by atoms with E-state index < -0.39 is 30.0 Å². The van der Waals surface area contributed by atoms with E-state index in [4.69, 9.17) is 14.2 Å². The molecule has 3 aliphatic heterocycles. The van der Waals surface area contributed by atoms with Gasteiger partial charge in [-0.15, -0.1) is 0 Å². The highest BCUT2D eigenvalue weighted by atomic mass is 16.5. The molecule has 0 radical (unpaired) electrons. The number of aliphatic hydroxyl groups is 1. The first-order valence-electron chi connectivity index (χ1n) is 23.3. The molecule has 9 rings (SSSR count). The van der Waals surface area contributed by atoms with Gasteiger partial charge in [0.2, 0.25) is 17.8 Å². The molecular formula is C49H60N8O8. The van der Waals surface area contributed by atoms with Gasteiger partial charge in [0.15, 0.2) is 6.23 Å². The van der Waals surface area contributed by atoms with Crippen LogP contribution in [0.25, 0.3) is 0 Å². The first-order valence-corrected chi connectivity index (χ1v) is 23.3. The van der Waals surface area contributed by atoms with Crippen molar-refractivity contribution >= 4 is 29.6 Å². The molecule has 2 saturated heterocycles.